The fourth-order valence-electron chi connectivity index (χ4n) is 3.05. The van der Waals surface area contributed by atoms with Crippen LogP contribution in [0.15, 0.2) is 54.6 Å². The number of amides is 1. The van der Waals surface area contributed by atoms with Gasteiger partial charge >= 0.3 is 0 Å². The van der Waals surface area contributed by atoms with Gasteiger partial charge in [-0.2, -0.15) is 0 Å². The van der Waals surface area contributed by atoms with Crippen molar-refractivity contribution >= 4 is 21.6 Å². The second-order valence-corrected chi connectivity index (χ2v) is 7.82. The van der Waals surface area contributed by atoms with E-state index >= 15 is 0 Å². The van der Waals surface area contributed by atoms with Crippen molar-refractivity contribution < 1.29 is 13.2 Å². The third kappa shape index (κ3) is 3.66. The first-order valence-electron chi connectivity index (χ1n) is 7.87. The van der Waals surface area contributed by atoms with Gasteiger partial charge in [0.25, 0.3) is 0 Å². The molecule has 0 saturated carbocycles. The van der Waals surface area contributed by atoms with Gasteiger partial charge in [0.1, 0.15) is 0 Å². The molecule has 1 heterocycles. The number of nitrogens with zero attached hydrogens (tertiary/aromatic N) is 1. The van der Waals surface area contributed by atoms with Gasteiger partial charge in [-0.15, -0.1) is 0 Å². The van der Waals surface area contributed by atoms with E-state index in [1.54, 1.807) is 29.2 Å². The van der Waals surface area contributed by atoms with Crippen LogP contribution in [0.1, 0.15) is 18.1 Å². The Kier molecular flexibility index (Phi) is 4.69. The Balaban J connectivity index is 1.65. The van der Waals surface area contributed by atoms with Crippen LogP contribution in [0.25, 0.3) is 0 Å². The molecule has 0 fully saturated rings. The van der Waals surface area contributed by atoms with Gasteiger partial charge in [0.05, 0.1) is 12.3 Å². The van der Waals surface area contributed by atoms with Crippen LogP contribution >= 0.6 is 0 Å². The third-order valence-corrected chi connectivity index (χ3v) is 5.42. The average molecular weight is 344 g/mol. The lowest BCUT2D eigenvalue weighted by Gasteiger charge is -2.22. The zero-order chi connectivity index (χ0) is 17.2. The molecule has 0 radical (unpaired) electrons. The third-order valence-electron chi connectivity index (χ3n) is 4.12. The number of rotatable bonds is 5. The Morgan fingerprint density at radius 1 is 1.12 bits per heavy atom. The number of para-hydroxylation sites is 1. The van der Waals surface area contributed by atoms with Crippen LogP contribution in [-0.2, 0) is 27.0 Å². The Morgan fingerprint density at radius 2 is 1.79 bits per heavy atom. The number of fused-ring (bicyclic) bond motifs is 1. The molecule has 0 aromatic heterocycles. The second kappa shape index (κ2) is 6.75. The van der Waals surface area contributed by atoms with E-state index in [-0.39, 0.29) is 24.2 Å². The summed E-state index contributed by atoms with van der Waals surface area (Å²) >= 11 is 0. The summed E-state index contributed by atoms with van der Waals surface area (Å²) in [5, 5.41) is 0. The molecule has 24 heavy (non-hydrogen) atoms. The van der Waals surface area contributed by atoms with Gasteiger partial charge in [-0.05, 0) is 30.5 Å². The smallest absolute Gasteiger partial charge is 0.242 e. The maximum atomic E-state index is 12.5. The van der Waals surface area contributed by atoms with Gasteiger partial charge in [-0.25, -0.2) is 13.1 Å². The normalized spacial score (nSPS) is 16.9. The molecule has 0 spiro atoms. The first-order chi connectivity index (χ1) is 11.5. The van der Waals surface area contributed by atoms with E-state index in [1.165, 1.54) is 0 Å². The van der Waals surface area contributed by atoms with Crippen LogP contribution in [-0.4, -0.2) is 26.9 Å². The van der Waals surface area contributed by atoms with Crippen LogP contribution in [0, 0.1) is 0 Å². The summed E-state index contributed by atoms with van der Waals surface area (Å²) in [4.78, 5) is 14.2. The average Bonchev–Trinajstić information content (AvgIpc) is 2.89. The number of carbonyl (C=O) groups excluding carboxylic acids is 1. The van der Waals surface area contributed by atoms with Crippen molar-refractivity contribution in [2.75, 3.05) is 11.4 Å². The molecule has 2 aromatic carbocycles. The molecule has 5 nitrogen and oxygen atoms in total. The van der Waals surface area contributed by atoms with Gasteiger partial charge in [0.2, 0.25) is 15.9 Å². The maximum absolute atomic E-state index is 12.5. The highest BCUT2D eigenvalue weighted by Gasteiger charge is 2.30. The van der Waals surface area contributed by atoms with Crippen LogP contribution in [0.2, 0.25) is 0 Å². The molecule has 0 saturated heterocycles. The van der Waals surface area contributed by atoms with Gasteiger partial charge in [-0.1, -0.05) is 48.5 Å². The summed E-state index contributed by atoms with van der Waals surface area (Å²) < 4.78 is 26.7. The van der Waals surface area contributed by atoms with Crippen molar-refractivity contribution in [2.24, 2.45) is 0 Å². The van der Waals surface area contributed by atoms with Gasteiger partial charge in [0, 0.05) is 11.7 Å². The summed E-state index contributed by atoms with van der Waals surface area (Å²) in [6.07, 6.45) is 0.790. The molecule has 1 aliphatic rings. The van der Waals surface area contributed by atoms with Crippen molar-refractivity contribution in [2.45, 2.75) is 25.1 Å². The van der Waals surface area contributed by atoms with E-state index in [2.05, 4.69) is 4.72 Å². The summed E-state index contributed by atoms with van der Waals surface area (Å²) in [5.74, 6) is -0.364. The van der Waals surface area contributed by atoms with E-state index in [0.717, 1.165) is 17.7 Å². The summed E-state index contributed by atoms with van der Waals surface area (Å²) in [7, 11) is -3.55. The summed E-state index contributed by atoms with van der Waals surface area (Å²) in [6.45, 7) is 1.74. The Labute approximate surface area is 142 Å². The van der Waals surface area contributed by atoms with Crippen molar-refractivity contribution in [3.05, 3.63) is 65.7 Å². The lowest BCUT2D eigenvalue weighted by atomic mass is 10.1. The monoisotopic (exact) mass is 344 g/mol. The first kappa shape index (κ1) is 16.7. The van der Waals surface area contributed by atoms with E-state index in [1.807, 2.05) is 37.3 Å². The molecule has 6 heteroatoms. The largest absolute Gasteiger partial charge is 0.308 e. The van der Waals surface area contributed by atoms with Crippen LogP contribution in [0.5, 0.6) is 0 Å². The highest BCUT2D eigenvalue weighted by atomic mass is 32.2. The van der Waals surface area contributed by atoms with Crippen molar-refractivity contribution in [3.63, 3.8) is 0 Å². The first-order valence-corrected chi connectivity index (χ1v) is 9.53. The molecule has 1 aliphatic heterocycles. The van der Waals surface area contributed by atoms with Crippen molar-refractivity contribution in [3.8, 4) is 0 Å². The van der Waals surface area contributed by atoms with Gasteiger partial charge < -0.3 is 4.90 Å². The van der Waals surface area contributed by atoms with Crippen molar-refractivity contribution in [1.82, 2.24) is 4.72 Å². The molecule has 0 bridgehead atoms. The number of sulfonamides is 1. The molecule has 1 atom stereocenters. The molecule has 126 valence electrons. The minimum Gasteiger partial charge on any atom is -0.308 e. The fraction of sp³-hybridized carbons (Fsp3) is 0.278. The van der Waals surface area contributed by atoms with E-state index in [9.17, 15) is 13.2 Å². The standard InChI is InChI=1S/C18H20N2O3S/c1-14-11-16-9-5-6-10-17(16)20(14)18(21)12-19-24(22,23)13-15-7-3-2-4-8-15/h2-10,14,19H,11-13H2,1H3/t14-/m1/s1. The van der Waals surface area contributed by atoms with Crippen LogP contribution < -0.4 is 9.62 Å². The SMILES string of the molecule is C[C@@H]1Cc2ccccc2N1C(=O)CNS(=O)(=O)Cc1ccccc1. The molecule has 0 aliphatic carbocycles. The van der Waals surface area contributed by atoms with Gasteiger partial charge in [-0.3, -0.25) is 4.79 Å². The van der Waals surface area contributed by atoms with E-state index in [0.29, 0.717) is 5.56 Å². The predicted molar refractivity (Wildman–Crippen MR) is 94.2 cm³/mol. The quantitative estimate of drug-likeness (QED) is 0.903. The number of hydrogen-bond donors (Lipinski definition) is 1. The minimum atomic E-state index is -3.55. The number of carbonyl (C=O) groups is 1. The molecular formula is C18H20N2O3S. The highest BCUT2D eigenvalue weighted by molar-refractivity contribution is 7.88. The second-order valence-electron chi connectivity index (χ2n) is 6.01. The molecule has 0 unspecified atom stereocenters. The highest BCUT2D eigenvalue weighted by Crippen LogP contribution is 2.31. The van der Waals surface area contributed by atoms with Crippen LogP contribution in [0.4, 0.5) is 5.69 Å². The minimum absolute atomic E-state index is 0.0357. The molecular weight excluding hydrogens is 324 g/mol. The van der Waals surface area contributed by atoms with E-state index < -0.39 is 10.0 Å². The molecule has 2 aromatic rings. The van der Waals surface area contributed by atoms with E-state index in [4.69, 9.17) is 0 Å². The Hall–Kier alpha value is -2.18. The Bertz CT molecular complexity index is 834. The fourth-order valence-corrected chi connectivity index (χ4v) is 4.12. The zero-order valence-electron chi connectivity index (χ0n) is 13.5. The Morgan fingerprint density at radius 3 is 2.54 bits per heavy atom. The number of benzene rings is 2. The van der Waals surface area contributed by atoms with Gasteiger partial charge in [0.15, 0.2) is 0 Å². The van der Waals surface area contributed by atoms with Crippen LogP contribution in [0.3, 0.4) is 0 Å². The lowest BCUT2D eigenvalue weighted by Crippen LogP contribution is -2.43. The molecule has 1 amide bonds. The number of hydrogen-bond acceptors (Lipinski definition) is 3. The number of anilines is 1. The number of nitrogens with one attached hydrogen (secondary N) is 1. The van der Waals surface area contributed by atoms with Crippen molar-refractivity contribution in [1.29, 1.82) is 0 Å². The lowest BCUT2D eigenvalue weighted by molar-refractivity contribution is -0.117. The topological polar surface area (TPSA) is 66.5 Å². The molecule has 3 rings (SSSR count). The summed E-state index contributed by atoms with van der Waals surface area (Å²) in [6, 6.07) is 16.7. The maximum Gasteiger partial charge on any atom is 0.242 e. The molecule has 1 N–H and O–H groups in total. The predicted octanol–water partition coefficient (Wildman–Crippen LogP) is 2.08. The zero-order valence-corrected chi connectivity index (χ0v) is 14.3. The summed E-state index contributed by atoms with van der Waals surface area (Å²) in [5.41, 5.74) is 2.68.